The van der Waals surface area contributed by atoms with E-state index in [9.17, 15) is 4.79 Å². The Labute approximate surface area is 123 Å². The minimum Gasteiger partial charge on any atom is -0.493 e. The van der Waals surface area contributed by atoms with Gasteiger partial charge in [-0.3, -0.25) is 0 Å². The van der Waals surface area contributed by atoms with Crippen molar-refractivity contribution >= 4 is 12.0 Å². The van der Waals surface area contributed by atoms with Crippen molar-refractivity contribution in [2.75, 3.05) is 13.7 Å². The van der Waals surface area contributed by atoms with Crippen LogP contribution in [-0.4, -0.2) is 24.8 Å². The summed E-state index contributed by atoms with van der Waals surface area (Å²) in [5.41, 5.74) is 1.24. The van der Waals surface area contributed by atoms with Crippen LogP contribution in [0.5, 0.6) is 11.5 Å². The van der Waals surface area contributed by atoms with Crippen LogP contribution in [0.25, 0.3) is 6.08 Å². The van der Waals surface area contributed by atoms with Gasteiger partial charge in [-0.05, 0) is 29.8 Å². The van der Waals surface area contributed by atoms with Crippen LogP contribution in [0.15, 0.2) is 54.6 Å². The summed E-state index contributed by atoms with van der Waals surface area (Å²) in [6.45, 7) is 0.328. The molecule has 1 N–H and O–H groups in total. The van der Waals surface area contributed by atoms with E-state index in [-0.39, 0.29) is 5.56 Å². The summed E-state index contributed by atoms with van der Waals surface area (Å²) in [5.74, 6) is -0.0782. The number of aromatic carboxylic acids is 1. The van der Waals surface area contributed by atoms with Gasteiger partial charge in [-0.2, -0.15) is 0 Å². The molecule has 0 atom stereocenters. The first-order valence-electron chi connectivity index (χ1n) is 6.46. The first kappa shape index (κ1) is 14.7. The van der Waals surface area contributed by atoms with Crippen molar-refractivity contribution in [2.24, 2.45) is 0 Å². The third-order valence-corrected chi connectivity index (χ3v) is 2.86. The van der Waals surface area contributed by atoms with Crippen LogP contribution in [0, 0.1) is 0 Å². The number of carboxylic acids is 1. The topological polar surface area (TPSA) is 55.8 Å². The van der Waals surface area contributed by atoms with Gasteiger partial charge in [0.15, 0.2) is 11.5 Å². The predicted octanol–water partition coefficient (Wildman–Crippen LogP) is 3.49. The molecular formula is C17H16O4. The Morgan fingerprint density at radius 1 is 1.14 bits per heavy atom. The highest BCUT2D eigenvalue weighted by atomic mass is 16.5. The van der Waals surface area contributed by atoms with E-state index in [0.717, 1.165) is 5.56 Å². The quantitative estimate of drug-likeness (QED) is 0.882. The Morgan fingerprint density at radius 3 is 2.57 bits per heavy atom. The summed E-state index contributed by atoms with van der Waals surface area (Å²) in [4.78, 5) is 11.0. The minimum absolute atomic E-state index is 0.165. The molecule has 4 heteroatoms. The fourth-order valence-electron chi connectivity index (χ4n) is 1.81. The second-order valence-corrected chi connectivity index (χ2v) is 4.29. The van der Waals surface area contributed by atoms with Crippen LogP contribution in [0.4, 0.5) is 0 Å². The number of rotatable bonds is 6. The summed E-state index contributed by atoms with van der Waals surface area (Å²) in [6.07, 6.45) is 3.80. The Balaban J connectivity index is 2.03. The maximum Gasteiger partial charge on any atom is 0.335 e. The SMILES string of the molecule is COc1ccc(C(=O)O)cc1OCC=Cc1ccccc1. The number of carbonyl (C=O) groups is 1. The number of hydrogen-bond acceptors (Lipinski definition) is 3. The van der Waals surface area contributed by atoms with Crippen LogP contribution in [0.2, 0.25) is 0 Å². The molecule has 2 aromatic rings. The molecule has 0 unspecified atom stereocenters. The summed E-state index contributed by atoms with van der Waals surface area (Å²) >= 11 is 0. The van der Waals surface area contributed by atoms with Crippen molar-refractivity contribution in [3.63, 3.8) is 0 Å². The highest BCUT2D eigenvalue weighted by molar-refractivity contribution is 5.88. The maximum absolute atomic E-state index is 11.0. The highest BCUT2D eigenvalue weighted by Gasteiger charge is 2.09. The van der Waals surface area contributed by atoms with Gasteiger partial charge in [-0.1, -0.05) is 36.4 Å². The molecule has 0 saturated heterocycles. The molecule has 0 bridgehead atoms. The number of carboxylic acid groups (broad SMARTS) is 1. The van der Waals surface area contributed by atoms with E-state index in [4.69, 9.17) is 14.6 Å². The first-order chi connectivity index (χ1) is 10.2. The molecule has 0 radical (unpaired) electrons. The number of hydrogen-bond donors (Lipinski definition) is 1. The summed E-state index contributed by atoms with van der Waals surface area (Å²) in [6, 6.07) is 14.4. The van der Waals surface area contributed by atoms with Crippen molar-refractivity contribution in [3.8, 4) is 11.5 Å². The molecule has 0 aliphatic heterocycles. The molecule has 21 heavy (non-hydrogen) atoms. The van der Waals surface area contributed by atoms with Crippen molar-refractivity contribution in [1.82, 2.24) is 0 Å². The third-order valence-electron chi connectivity index (χ3n) is 2.86. The van der Waals surface area contributed by atoms with Crippen LogP contribution in [-0.2, 0) is 0 Å². The van der Waals surface area contributed by atoms with Crippen molar-refractivity contribution in [1.29, 1.82) is 0 Å². The summed E-state index contributed by atoms with van der Waals surface area (Å²) < 4.78 is 10.7. The van der Waals surface area contributed by atoms with Gasteiger partial charge >= 0.3 is 5.97 Å². The Morgan fingerprint density at radius 2 is 1.90 bits per heavy atom. The lowest BCUT2D eigenvalue weighted by molar-refractivity contribution is 0.0696. The monoisotopic (exact) mass is 284 g/mol. The lowest BCUT2D eigenvalue weighted by Gasteiger charge is -2.09. The zero-order valence-corrected chi connectivity index (χ0v) is 11.7. The van der Waals surface area contributed by atoms with Gasteiger partial charge in [0.1, 0.15) is 6.61 Å². The Hall–Kier alpha value is -2.75. The average molecular weight is 284 g/mol. The maximum atomic E-state index is 11.0. The average Bonchev–Trinajstić information content (AvgIpc) is 2.52. The normalized spacial score (nSPS) is 10.5. The summed E-state index contributed by atoms with van der Waals surface area (Å²) in [5, 5.41) is 8.98. The van der Waals surface area contributed by atoms with Crippen LogP contribution < -0.4 is 9.47 Å². The van der Waals surface area contributed by atoms with Crippen molar-refractivity contribution < 1.29 is 19.4 Å². The second kappa shape index (κ2) is 7.14. The minimum atomic E-state index is -0.998. The zero-order valence-electron chi connectivity index (χ0n) is 11.7. The van der Waals surface area contributed by atoms with E-state index in [1.165, 1.54) is 19.2 Å². The van der Waals surface area contributed by atoms with Crippen LogP contribution >= 0.6 is 0 Å². The standard InChI is InChI=1S/C17H16O4/c1-20-15-10-9-14(17(18)19)12-16(15)21-11-5-8-13-6-3-2-4-7-13/h2-10,12H,11H2,1H3,(H,18,19). The van der Waals surface area contributed by atoms with Gasteiger partial charge < -0.3 is 14.6 Å². The van der Waals surface area contributed by atoms with E-state index in [1.54, 1.807) is 6.07 Å². The molecule has 0 aromatic heterocycles. The molecule has 4 nitrogen and oxygen atoms in total. The van der Waals surface area contributed by atoms with Crippen LogP contribution in [0.3, 0.4) is 0 Å². The third kappa shape index (κ3) is 4.11. The fourth-order valence-corrected chi connectivity index (χ4v) is 1.81. The lowest BCUT2D eigenvalue weighted by atomic mass is 10.2. The molecule has 0 fully saturated rings. The molecule has 2 aromatic carbocycles. The number of ether oxygens (including phenoxy) is 2. The Kier molecular flexibility index (Phi) is 4.99. The number of methoxy groups -OCH3 is 1. The first-order valence-corrected chi connectivity index (χ1v) is 6.46. The zero-order chi connectivity index (χ0) is 15.1. The van der Waals surface area contributed by atoms with E-state index in [2.05, 4.69) is 0 Å². The van der Waals surface area contributed by atoms with Gasteiger partial charge in [0, 0.05) is 0 Å². The predicted molar refractivity (Wildman–Crippen MR) is 80.9 cm³/mol. The highest BCUT2D eigenvalue weighted by Crippen LogP contribution is 2.28. The molecule has 0 saturated carbocycles. The van der Waals surface area contributed by atoms with Gasteiger partial charge in [0.25, 0.3) is 0 Å². The molecule has 0 amide bonds. The van der Waals surface area contributed by atoms with E-state index in [0.29, 0.717) is 18.1 Å². The Bertz CT molecular complexity index is 632. The van der Waals surface area contributed by atoms with E-state index >= 15 is 0 Å². The van der Waals surface area contributed by atoms with E-state index < -0.39 is 5.97 Å². The molecule has 0 heterocycles. The summed E-state index contributed by atoms with van der Waals surface area (Å²) in [7, 11) is 1.52. The van der Waals surface area contributed by atoms with E-state index in [1.807, 2.05) is 42.5 Å². The molecule has 2 rings (SSSR count). The molecule has 0 spiro atoms. The molecule has 0 aliphatic carbocycles. The molecule has 108 valence electrons. The largest absolute Gasteiger partial charge is 0.493 e. The van der Waals surface area contributed by atoms with Gasteiger partial charge in [-0.15, -0.1) is 0 Å². The van der Waals surface area contributed by atoms with Crippen molar-refractivity contribution in [2.45, 2.75) is 0 Å². The van der Waals surface area contributed by atoms with Gasteiger partial charge in [-0.25, -0.2) is 4.79 Å². The van der Waals surface area contributed by atoms with Gasteiger partial charge in [0.05, 0.1) is 12.7 Å². The lowest BCUT2D eigenvalue weighted by Crippen LogP contribution is -2.01. The molecular weight excluding hydrogens is 268 g/mol. The molecule has 0 aliphatic rings. The van der Waals surface area contributed by atoms with Gasteiger partial charge in [0.2, 0.25) is 0 Å². The second-order valence-electron chi connectivity index (χ2n) is 4.29. The van der Waals surface area contributed by atoms with Crippen molar-refractivity contribution in [3.05, 3.63) is 65.7 Å². The number of benzene rings is 2. The van der Waals surface area contributed by atoms with Crippen LogP contribution in [0.1, 0.15) is 15.9 Å². The smallest absolute Gasteiger partial charge is 0.335 e. The fraction of sp³-hybridized carbons (Fsp3) is 0.118.